The molecule has 1 aliphatic heterocycles. The molecule has 0 atom stereocenters. The minimum absolute atomic E-state index is 0.0636. The van der Waals surface area contributed by atoms with Crippen molar-refractivity contribution in [3.63, 3.8) is 0 Å². The van der Waals surface area contributed by atoms with Crippen LogP contribution in [0.3, 0.4) is 0 Å². The first kappa shape index (κ1) is 21.6. The van der Waals surface area contributed by atoms with Gasteiger partial charge in [0.1, 0.15) is 5.60 Å². The molecular weight excluding hydrogens is 434 g/mol. The molecule has 0 saturated carbocycles. The molecule has 0 unspecified atom stereocenters. The van der Waals surface area contributed by atoms with E-state index in [0.717, 1.165) is 21.5 Å². The maximum Gasteiger partial charge on any atom is 0.410 e. The topological polar surface area (TPSA) is 62.7 Å². The number of para-hydroxylation sites is 1. The molecule has 8 heteroatoms. The summed E-state index contributed by atoms with van der Waals surface area (Å²) < 4.78 is 6.12. The fourth-order valence-electron chi connectivity index (χ4n) is 3.52. The highest BCUT2D eigenvalue weighted by molar-refractivity contribution is 7.19. The molecule has 1 saturated heterocycles. The van der Waals surface area contributed by atoms with E-state index in [1.165, 1.54) is 11.3 Å². The van der Waals surface area contributed by atoms with E-state index in [4.69, 9.17) is 21.3 Å². The number of fused-ring (bicyclic) bond motifs is 1. The van der Waals surface area contributed by atoms with Crippen molar-refractivity contribution in [1.29, 1.82) is 0 Å². The van der Waals surface area contributed by atoms with Gasteiger partial charge in [-0.3, -0.25) is 4.79 Å². The van der Waals surface area contributed by atoms with Crippen LogP contribution in [0.4, 0.5) is 4.79 Å². The molecule has 0 radical (unpaired) electrons. The van der Waals surface area contributed by atoms with E-state index in [9.17, 15) is 9.59 Å². The van der Waals surface area contributed by atoms with E-state index >= 15 is 0 Å². The number of carbonyl (C=O) groups excluding carboxylic acids is 2. The van der Waals surface area contributed by atoms with Crippen molar-refractivity contribution in [2.75, 3.05) is 26.2 Å². The lowest BCUT2D eigenvalue weighted by molar-refractivity contribution is 0.0141. The zero-order chi connectivity index (χ0) is 22.2. The van der Waals surface area contributed by atoms with Gasteiger partial charge in [-0.1, -0.05) is 29.8 Å². The Kier molecular flexibility index (Phi) is 5.90. The number of benzene rings is 1. The number of thiophene rings is 1. The highest BCUT2D eigenvalue weighted by Crippen LogP contribution is 2.32. The maximum atomic E-state index is 13.4. The lowest BCUT2D eigenvalue weighted by Gasteiger charge is -2.35. The number of hydrogen-bond donors (Lipinski definition) is 0. The summed E-state index contributed by atoms with van der Waals surface area (Å²) in [6, 6.07) is 13.2. The Morgan fingerprint density at radius 2 is 1.71 bits per heavy atom. The first-order valence-electron chi connectivity index (χ1n) is 10.1. The number of ether oxygens (including phenoxy) is 1. The molecule has 3 aromatic rings. The Morgan fingerprint density at radius 3 is 2.35 bits per heavy atom. The summed E-state index contributed by atoms with van der Waals surface area (Å²) in [6.07, 6.45) is -0.342. The minimum Gasteiger partial charge on any atom is -0.444 e. The molecule has 2 amide bonds. The van der Waals surface area contributed by atoms with Crippen molar-refractivity contribution < 1.29 is 14.3 Å². The predicted octanol–water partition coefficient (Wildman–Crippen LogP) is 5.31. The van der Waals surface area contributed by atoms with Gasteiger partial charge in [0.05, 0.1) is 26.0 Å². The van der Waals surface area contributed by atoms with Crippen LogP contribution >= 0.6 is 22.9 Å². The average Bonchev–Trinajstić information content (AvgIpc) is 3.17. The van der Waals surface area contributed by atoms with Crippen molar-refractivity contribution in [2.45, 2.75) is 26.4 Å². The molecule has 31 heavy (non-hydrogen) atoms. The van der Waals surface area contributed by atoms with Crippen molar-refractivity contribution in [3.05, 3.63) is 52.4 Å². The molecule has 3 heterocycles. The van der Waals surface area contributed by atoms with Gasteiger partial charge in [0.25, 0.3) is 5.91 Å². The number of halogens is 1. The number of rotatable bonds is 2. The molecule has 0 bridgehead atoms. The van der Waals surface area contributed by atoms with Crippen LogP contribution < -0.4 is 0 Å². The quantitative estimate of drug-likeness (QED) is 0.523. The average molecular weight is 458 g/mol. The number of aromatic nitrogens is 1. The van der Waals surface area contributed by atoms with E-state index in [-0.39, 0.29) is 12.0 Å². The molecular formula is C23H24ClN3O3S. The van der Waals surface area contributed by atoms with E-state index in [1.807, 2.05) is 63.2 Å². The Balaban J connectivity index is 1.57. The second kappa shape index (κ2) is 8.48. The van der Waals surface area contributed by atoms with Crippen molar-refractivity contribution in [3.8, 4) is 10.6 Å². The highest BCUT2D eigenvalue weighted by atomic mass is 35.5. The van der Waals surface area contributed by atoms with Crippen molar-refractivity contribution in [1.82, 2.24) is 14.8 Å². The molecule has 0 aliphatic carbocycles. The largest absolute Gasteiger partial charge is 0.444 e. The third-order valence-electron chi connectivity index (χ3n) is 4.99. The third-order valence-corrected chi connectivity index (χ3v) is 6.24. The molecule has 1 aliphatic rings. The third kappa shape index (κ3) is 4.83. The lowest BCUT2D eigenvalue weighted by Crippen LogP contribution is -2.51. The monoisotopic (exact) mass is 457 g/mol. The Morgan fingerprint density at radius 1 is 1.03 bits per heavy atom. The van der Waals surface area contributed by atoms with Crippen LogP contribution in [0.5, 0.6) is 0 Å². The summed E-state index contributed by atoms with van der Waals surface area (Å²) in [6.45, 7) is 7.32. The predicted molar refractivity (Wildman–Crippen MR) is 124 cm³/mol. The van der Waals surface area contributed by atoms with Gasteiger partial charge >= 0.3 is 6.09 Å². The smallest absolute Gasteiger partial charge is 0.410 e. The van der Waals surface area contributed by atoms with Crippen LogP contribution in [0, 0.1) is 0 Å². The van der Waals surface area contributed by atoms with Gasteiger partial charge in [-0.2, -0.15) is 0 Å². The van der Waals surface area contributed by atoms with Crippen LogP contribution in [-0.2, 0) is 4.74 Å². The van der Waals surface area contributed by atoms with E-state index in [2.05, 4.69) is 0 Å². The number of hydrogen-bond acceptors (Lipinski definition) is 5. The van der Waals surface area contributed by atoms with Gasteiger partial charge in [-0.05, 0) is 45.0 Å². The van der Waals surface area contributed by atoms with Crippen molar-refractivity contribution in [2.24, 2.45) is 0 Å². The van der Waals surface area contributed by atoms with Crippen LogP contribution in [0.1, 0.15) is 31.1 Å². The van der Waals surface area contributed by atoms with Gasteiger partial charge in [-0.15, -0.1) is 11.3 Å². The molecule has 0 spiro atoms. The molecule has 2 aromatic heterocycles. The zero-order valence-corrected chi connectivity index (χ0v) is 19.3. The van der Waals surface area contributed by atoms with E-state index < -0.39 is 5.60 Å². The Bertz CT molecular complexity index is 1130. The van der Waals surface area contributed by atoms with Crippen LogP contribution in [0.25, 0.3) is 21.5 Å². The number of amides is 2. The summed E-state index contributed by atoms with van der Waals surface area (Å²) in [5.41, 5.74) is 1.56. The van der Waals surface area contributed by atoms with Gasteiger partial charge < -0.3 is 14.5 Å². The van der Waals surface area contributed by atoms with Gasteiger partial charge in [0.15, 0.2) is 0 Å². The first-order valence-corrected chi connectivity index (χ1v) is 11.3. The molecule has 1 aromatic carbocycles. The summed E-state index contributed by atoms with van der Waals surface area (Å²) in [5, 5.41) is 0.813. The molecule has 1 fully saturated rings. The summed E-state index contributed by atoms with van der Waals surface area (Å²) >= 11 is 7.54. The number of pyridine rings is 1. The van der Waals surface area contributed by atoms with Gasteiger partial charge in [0.2, 0.25) is 0 Å². The van der Waals surface area contributed by atoms with Gasteiger partial charge in [0, 0.05) is 31.6 Å². The SMILES string of the molecule is CC(C)(C)OC(=O)N1CCN(C(=O)c2cc(-c3ccc(Cl)s3)nc3ccccc23)CC1. The molecule has 6 nitrogen and oxygen atoms in total. The summed E-state index contributed by atoms with van der Waals surface area (Å²) in [7, 11) is 0. The van der Waals surface area contributed by atoms with Gasteiger partial charge in [-0.25, -0.2) is 9.78 Å². The van der Waals surface area contributed by atoms with Crippen LogP contribution in [0.2, 0.25) is 4.34 Å². The Hall–Kier alpha value is -2.64. The van der Waals surface area contributed by atoms with E-state index in [1.54, 1.807) is 9.80 Å². The normalized spacial score (nSPS) is 14.7. The summed E-state index contributed by atoms with van der Waals surface area (Å²) in [4.78, 5) is 34.9. The second-order valence-corrected chi connectivity index (χ2v) is 10.2. The summed E-state index contributed by atoms with van der Waals surface area (Å²) in [5.74, 6) is -0.0636. The van der Waals surface area contributed by atoms with Crippen molar-refractivity contribution >= 4 is 45.8 Å². The van der Waals surface area contributed by atoms with E-state index in [0.29, 0.717) is 36.1 Å². The number of nitrogens with zero attached hydrogens (tertiary/aromatic N) is 3. The zero-order valence-electron chi connectivity index (χ0n) is 17.7. The number of piperazine rings is 1. The minimum atomic E-state index is -0.541. The highest BCUT2D eigenvalue weighted by Gasteiger charge is 2.29. The van der Waals surface area contributed by atoms with Crippen LogP contribution in [-0.4, -0.2) is 58.6 Å². The molecule has 4 rings (SSSR count). The Labute approximate surface area is 190 Å². The fourth-order valence-corrected chi connectivity index (χ4v) is 4.52. The number of carbonyl (C=O) groups is 2. The maximum absolute atomic E-state index is 13.4. The lowest BCUT2D eigenvalue weighted by atomic mass is 10.1. The second-order valence-electron chi connectivity index (χ2n) is 8.44. The standard InChI is InChI=1S/C23H24ClN3O3S/c1-23(2,3)30-22(29)27-12-10-26(11-13-27)21(28)16-14-18(19-8-9-20(24)31-19)25-17-7-5-4-6-15(16)17/h4-9,14H,10-13H2,1-3H3. The molecule has 0 N–H and O–H groups in total. The first-order chi connectivity index (χ1) is 14.7. The van der Waals surface area contributed by atoms with Crippen LogP contribution in [0.15, 0.2) is 42.5 Å². The molecule has 162 valence electrons. The fraction of sp³-hybridized carbons (Fsp3) is 0.348.